The molecule has 0 atom stereocenters. The molecule has 0 aliphatic heterocycles. The van der Waals surface area contributed by atoms with E-state index in [9.17, 15) is 0 Å². The van der Waals surface area contributed by atoms with Gasteiger partial charge in [-0.25, -0.2) is 9.97 Å². The van der Waals surface area contributed by atoms with E-state index in [-0.39, 0.29) is 4.75 Å². The van der Waals surface area contributed by atoms with Gasteiger partial charge in [0.05, 0.1) is 15.9 Å². The molecule has 112 valence electrons. The number of thioether (sulfide) groups is 1. The molecule has 1 aliphatic carbocycles. The van der Waals surface area contributed by atoms with Gasteiger partial charge in [-0.1, -0.05) is 27.7 Å². The number of aromatic nitrogens is 2. The van der Waals surface area contributed by atoms with Gasteiger partial charge in [0, 0.05) is 17.2 Å². The summed E-state index contributed by atoms with van der Waals surface area (Å²) in [5, 5.41) is 3.42. The summed E-state index contributed by atoms with van der Waals surface area (Å²) in [6.45, 7) is 9.81. The molecular formula is C15H24BrN3S. The molecule has 1 aromatic rings. The predicted molar refractivity (Wildman–Crippen MR) is 91.5 cm³/mol. The SMILES string of the molecule is CCCNc1nc(CSC(C)(C)C)nc(C2CC2)c1Br. The van der Waals surface area contributed by atoms with Crippen molar-refractivity contribution in [3.63, 3.8) is 0 Å². The Balaban J connectivity index is 2.20. The highest BCUT2D eigenvalue weighted by Crippen LogP contribution is 2.44. The fourth-order valence-corrected chi connectivity index (χ4v) is 3.18. The maximum Gasteiger partial charge on any atom is 0.144 e. The molecule has 1 aliphatic rings. The third kappa shape index (κ3) is 4.62. The van der Waals surface area contributed by atoms with Crippen molar-refractivity contribution in [3.05, 3.63) is 16.0 Å². The molecule has 2 rings (SSSR count). The third-order valence-corrected chi connectivity index (χ3v) is 5.11. The van der Waals surface area contributed by atoms with Gasteiger partial charge in [-0.2, -0.15) is 0 Å². The number of halogens is 1. The highest BCUT2D eigenvalue weighted by Gasteiger charge is 2.29. The van der Waals surface area contributed by atoms with Crippen LogP contribution in [0.3, 0.4) is 0 Å². The first-order valence-electron chi connectivity index (χ1n) is 7.35. The van der Waals surface area contributed by atoms with Crippen LogP contribution in [-0.4, -0.2) is 21.3 Å². The summed E-state index contributed by atoms with van der Waals surface area (Å²) in [7, 11) is 0. The zero-order valence-corrected chi connectivity index (χ0v) is 15.2. The number of nitrogens with one attached hydrogen (secondary N) is 1. The second-order valence-corrected chi connectivity index (χ2v) is 8.88. The van der Waals surface area contributed by atoms with Crippen LogP contribution in [0.4, 0.5) is 5.82 Å². The van der Waals surface area contributed by atoms with Gasteiger partial charge in [0.25, 0.3) is 0 Å². The van der Waals surface area contributed by atoms with Crippen LogP contribution in [0.25, 0.3) is 0 Å². The minimum atomic E-state index is 0.243. The Kier molecular flexibility index (Phi) is 5.35. The van der Waals surface area contributed by atoms with Crippen molar-refractivity contribution in [3.8, 4) is 0 Å². The standard InChI is InChI=1S/C15H24BrN3S/c1-5-8-17-14-12(16)13(10-6-7-10)18-11(19-14)9-20-15(2,3)4/h10H,5-9H2,1-4H3,(H,17,18,19). The summed E-state index contributed by atoms with van der Waals surface area (Å²) in [6, 6.07) is 0. The molecule has 0 saturated heterocycles. The van der Waals surface area contributed by atoms with Gasteiger partial charge in [-0.15, -0.1) is 11.8 Å². The highest BCUT2D eigenvalue weighted by atomic mass is 79.9. The highest BCUT2D eigenvalue weighted by molar-refractivity contribution is 9.10. The van der Waals surface area contributed by atoms with Gasteiger partial charge < -0.3 is 5.32 Å². The molecule has 5 heteroatoms. The number of nitrogens with zero attached hydrogens (tertiary/aromatic N) is 2. The Hall–Kier alpha value is -0.290. The van der Waals surface area contributed by atoms with E-state index in [2.05, 4.69) is 48.9 Å². The fourth-order valence-electron chi connectivity index (χ4n) is 1.85. The van der Waals surface area contributed by atoms with Crippen LogP contribution in [0.5, 0.6) is 0 Å². The lowest BCUT2D eigenvalue weighted by Crippen LogP contribution is -2.11. The lowest BCUT2D eigenvalue weighted by Gasteiger charge is -2.18. The zero-order chi connectivity index (χ0) is 14.8. The lowest BCUT2D eigenvalue weighted by molar-refractivity contribution is 0.798. The summed E-state index contributed by atoms with van der Waals surface area (Å²) in [5.74, 6) is 3.42. The molecule has 1 aromatic heterocycles. The average molecular weight is 358 g/mol. The van der Waals surface area contributed by atoms with Gasteiger partial charge in [0.15, 0.2) is 0 Å². The second-order valence-electron chi connectivity index (χ2n) is 6.29. The normalized spacial score (nSPS) is 15.4. The zero-order valence-electron chi connectivity index (χ0n) is 12.8. The molecule has 20 heavy (non-hydrogen) atoms. The molecule has 0 aromatic carbocycles. The second kappa shape index (κ2) is 6.65. The van der Waals surface area contributed by atoms with Crippen LogP contribution < -0.4 is 5.32 Å². The van der Waals surface area contributed by atoms with Crippen molar-refractivity contribution in [2.75, 3.05) is 11.9 Å². The molecule has 1 saturated carbocycles. The van der Waals surface area contributed by atoms with Crippen molar-refractivity contribution in [2.45, 2.75) is 63.4 Å². The predicted octanol–water partition coefficient (Wildman–Crippen LogP) is 4.97. The summed E-state index contributed by atoms with van der Waals surface area (Å²) >= 11 is 5.58. The summed E-state index contributed by atoms with van der Waals surface area (Å²) in [6.07, 6.45) is 3.62. The number of anilines is 1. The van der Waals surface area contributed by atoms with Crippen LogP contribution >= 0.6 is 27.7 Å². The summed E-state index contributed by atoms with van der Waals surface area (Å²) < 4.78 is 1.31. The number of rotatable bonds is 6. The maximum absolute atomic E-state index is 4.79. The first-order chi connectivity index (χ1) is 9.40. The van der Waals surface area contributed by atoms with Crippen LogP contribution in [0.15, 0.2) is 4.47 Å². The molecule has 1 heterocycles. The lowest BCUT2D eigenvalue weighted by atomic mass is 10.2. The van der Waals surface area contributed by atoms with Crippen molar-refractivity contribution in [2.24, 2.45) is 0 Å². The molecule has 3 nitrogen and oxygen atoms in total. The first-order valence-corrected chi connectivity index (χ1v) is 9.12. The van der Waals surface area contributed by atoms with E-state index in [0.717, 1.165) is 34.8 Å². The van der Waals surface area contributed by atoms with Gasteiger partial charge in [-0.3, -0.25) is 0 Å². The monoisotopic (exact) mass is 357 g/mol. The molecule has 1 fully saturated rings. The smallest absolute Gasteiger partial charge is 0.144 e. The van der Waals surface area contributed by atoms with Gasteiger partial charge in [-0.05, 0) is 35.2 Å². The van der Waals surface area contributed by atoms with E-state index >= 15 is 0 Å². The Morgan fingerprint density at radius 3 is 2.55 bits per heavy atom. The largest absolute Gasteiger partial charge is 0.369 e. The Morgan fingerprint density at radius 2 is 2.00 bits per heavy atom. The van der Waals surface area contributed by atoms with Crippen molar-refractivity contribution < 1.29 is 0 Å². The summed E-state index contributed by atoms with van der Waals surface area (Å²) in [4.78, 5) is 9.48. The van der Waals surface area contributed by atoms with Crippen molar-refractivity contribution in [1.29, 1.82) is 0 Å². The van der Waals surface area contributed by atoms with Gasteiger partial charge in [0.1, 0.15) is 11.6 Å². The molecule has 0 spiro atoms. The molecule has 0 amide bonds. The molecule has 0 unspecified atom stereocenters. The van der Waals surface area contributed by atoms with Crippen LogP contribution in [-0.2, 0) is 5.75 Å². The minimum Gasteiger partial charge on any atom is -0.369 e. The van der Waals surface area contributed by atoms with Crippen molar-refractivity contribution in [1.82, 2.24) is 9.97 Å². The molecular weight excluding hydrogens is 334 g/mol. The van der Waals surface area contributed by atoms with E-state index < -0.39 is 0 Å². The van der Waals surface area contributed by atoms with E-state index in [1.807, 2.05) is 11.8 Å². The van der Waals surface area contributed by atoms with Crippen LogP contribution in [0, 0.1) is 0 Å². The number of hydrogen-bond donors (Lipinski definition) is 1. The Morgan fingerprint density at radius 1 is 1.30 bits per heavy atom. The molecule has 1 N–H and O–H groups in total. The van der Waals surface area contributed by atoms with E-state index in [4.69, 9.17) is 9.97 Å². The Labute approximate surface area is 134 Å². The van der Waals surface area contributed by atoms with Crippen LogP contribution in [0.2, 0.25) is 0 Å². The van der Waals surface area contributed by atoms with E-state index in [1.54, 1.807) is 0 Å². The van der Waals surface area contributed by atoms with Crippen LogP contribution in [0.1, 0.15) is 64.4 Å². The topological polar surface area (TPSA) is 37.8 Å². The summed E-state index contributed by atoms with van der Waals surface area (Å²) in [5.41, 5.74) is 1.20. The number of hydrogen-bond acceptors (Lipinski definition) is 4. The van der Waals surface area contributed by atoms with Gasteiger partial charge in [0.2, 0.25) is 0 Å². The average Bonchev–Trinajstić information content (AvgIpc) is 3.19. The third-order valence-electron chi connectivity index (χ3n) is 3.06. The van der Waals surface area contributed by atoms with Crippen molar-refractivity contribution >= 4 is 33.5 Å². The quantitative estimate of drug-likeness (QED) is 0.779. The fraction of sp³-hybridized carbons (Fsp3) is 0.733. The Bertz CT molecular complexity index is 467. The maximum atomic E-state index is 4.79. The minimum absolute atomic E-state index is 0.243. The molecule has 0 radical (unpaired) electrons. The van der Waals surface area contributed by atoms with E-state index in [1.165, 1.54) is 18.5 Å². The van der Waals surface area contributed by atoms with E-state index in [0.29, 0.717) is 5.92 Å². The van der Waals surface area contributed by atoms with Gasteiger partial charge >= 0.3 is 0 Å². The first kappa shape index (κ1) is 16.1. The molecule has 0 bridgehead atoms.